The number of benzene rings is 3. The topological polar surface area (TPSA) is 75.7 Å². The number of ether oxygens (including phenoxy) is 1. The fourth-order valence-corrected chi connectivity index (χ4v) is 4.13. The molecule has 1 heterocycles. The maximum atomic E-state index is 12.8. The lowest BCUT2D eigenvalue weighted by molar-refractivity contribution is -0.123. The molecule has 0 bridgehead atoms. The van der Waals surface area contributed by atoms with Crippen molar-refractivity contribution in [3.8, 4) is 5.75 Å². The lowest BCUT2D eigenvalue weighted by atomic mass is 10.1. The van der Waals surface area contributed by atoms with Crippen molar-refractivity contribution in [3.05, 3.63) is 99.4 Å². The standard InChI is InChI=1S/C25H19ClN2O4S/c1-32-21-12-4-16(5-13-21)14-22-24(30)28(25(31)33-22)15-17-2-6-18(7-3-17)23(29)27-20-10-8-19(26)9-11-20/h2-14H,15H2,1H3,(H,27,29)/b22-14-. The number of imide groups is 1. The molecule has 1 N–H and O–H groups in total. The Balaban J connectivity index is 1.41. The Morgan fingerprint density at radius 3 is 2.30 bits per heavy atom. The fourth-order valence-electron chi connectivity index (χ4n) is 3.17. The van der Waals surface area contributed by atoms with Crippen molar-refractivity contribution in [3.63, 3.8) is 0 Å². The van der Waals surface area contributed by atoms with E-state index in [1.54, 1.807) is 73.8 Å². The van der Waals surface area contributed by atoms with Gasteiger partial charge in [-0.2, -0.15) is 0 Å². The molecule has 1 saturated heterocycles. The van der Waals surface area contributed by atoms with Gasteiger partial charge in [0.25, 0.3) is 17.1 Å². The molecule has 0 spiro atoms. The molecule has 166 valence electrons. The van der Waals surface area contributed by atoms with E-state index in [0.717, 1.165) is 22.9 Å². The molecule has 0 unspecified atom stereocenters. The van der Waals surface area contributed by atoms with Gasteiger partial charge in [-0.1, -0.05) is 35.9 Å². The van der Waals surface area contributed by atoms with Gasteiger partial charge >= 0.3 is 0 Å². The third-order valence-electron chi connectivity index (χ3n) is 4.95. The zero-order valence-electron chi connectivity index (χ0n) is 17.6. The smallest absolute Gasteiger partial charge is 0.293 e. The SMILES string of the molecule is COc1ccc(/C=C2\SC(=O)N(Cc3ccc(C(=O)Nc4ccc(Cl)cc4)cc3)C2=O)cc1. The van der Waals surface area contributed by atoms with Gasteiger partial charge in [0.1, 0.15) is 5.75 Å². The van der Waals surface area contributed by atoms with E-state index in [4.69, 9.17) is 16.3 Å². The van der Waals surface area contributed by atoms with E-state index in [2.05, 4.69) is 5.32 Å². The summed E-state index contributed by atoms with van der Waals surface area (Å²) in [5.74, 6) is 0.105. The lowest BCUT2D eigenvalue weighted by Gasteiger charge is -2.13. The molecule has 0 saturated carbocycles. The number of nitrogens with one attached hydrogen (secondary N) is 1. The number of halogens is 1. The number of rotatable bonds is 6. The summed E-state index contributed by atoms with van der Waals surface area (Å²) in [5.41, 5.74) is 2.64. The molecular weight excluding hydrogens is 460 g/mol. The number of nitrogens with zero attached hydrogens (tertiary/aromatic N) is 1. The van der Waals surface area contributed by atoms with Gasteiger partial charge in [0.15, 0.2) is 0 Å². The van der Waals surface area contributed by atoms with E-state index >= 15 is 0 Å². The van der Waals surface area contributed by atoms with Crippen LogP contribution in [0.4, 0.5) is 10.5 Å². The van der Waals surface area contributed by atoms with Crippen LogP contribution in [-0.4, -0.2) is 29.1 Å². The minimum absolute atomic E-state index is 0.129. The minimum atomic E-state index is -0.342. The van der Waals surface area contributed by atoms with E-state index < -0.39 is 0 Å². The summed E-state index contributed by atoms with van der Waals surface area (Å²) in [6.07, 6.45) is 1.69. The minimum Gasteiger partial charge on any atom is -0.497 e. The number of hydrogen-bond acceptors (Lipinski definition) is 5. The molecule has 0 aliphatic carbocycles. The highest BCUT2D eigenvalue weighted by molar-refractivity contribution is 8.18. The Morgan fingerprint density at radius 2 is 1.67 bits per heavy atom. The molecule has 1 fully saturated rings. The summed E-state index contributed by atoms with van der Waals surface area (Å²) in [4.78, 5) is 39.2. The van der Waals surface area contributed by atoms with E-state index in [-0.39, 0.29) is 23.6 Å². The number of anilines is 1. The first kappa shape index (κ1) is 22.6. The second-order valence-corrected chi connectivity index (χ2v) is 8.63. The predicted molar refractivity (Wildman–Crippen MR) is 130 cm³/mol. The zero-order chi connectivity index (χ0) is 23.4. The molecule has 3 aromatic carbocycles. The van der Waals surface area contributed by atoms with Gasteiger partial charge in [-0.05, 0) is 77.5 Å². The second kappa shape index (κ2) is 9.94. The van der Waals surface area contributed by atoms with Crippen LogP contribution >= 0.6 is 23.4 Å². The van der Waals surface area contributed by atoms with Crippen LogP contribution in [0.3, 0.4) is 0 Å². The molecule has 3 amide bonds. The highest BCUT2D eigenvalue weighted by Crippen LogP contribution is 2.33. The highest BCUT2D eigenvalue weighted by Gasteiger charge is 2.35. The molecule has 0 radical (unpaired) electrons. The molecule has 6 nitrogen and oxygen atoms in total. The fraction of sp³-hybridized carbons (Fsp3) is 0.0800. The number of carbonyl (C=O) groups excluding carboxylic acids is 3. The lowest BCUT2D eigenvalue weighted by Crippen LogP contribution is -2.27. The first-order chi connectivity index (χ1) is 15.9. The largest absolute Gasteiger partial charge is 0.497 e. The van der Waals surface area contributed by atoms with Crippen LogP contribution in [-0.2, 0) is 11.3 Å². The third-order valence-corrected chi connectivity index (χ3v) is 6.11. The predicted octanol–water partition coefficient (Wildman–Crippen LogP) is 5.84. The quantitative estimate of drug-likeness (QED) is 0.450. The summed E-state index contributed by atoms with van der Waals surface area (Å²) in [6, 6.07) is 20.8. The number of methoxy groups -OCH3 is 1. The van der Waals surface area contributed by atoms with Crippen LogP contribution in [0.15, 0.2) is 77.7 Å². The normalized spacial score (nSPS) is 14.6. The molecular formula is C25H19ClN2O4S. The number of carbonyl (C=O) groups is 3. The van der Waals surface area contributed by atoms with Crippen LogP contribution < -0.4 is 10.1 Å². The van der Waals surface area contributed by atoms with Crippen LogP contribution in [0.2, 0.25) is 5.02 Å². The Labute approximate surface area is 200 Å². The van der Waals surface area contributed by atoms with Gasteiger partial charge in [0.05, 0.1) is 18.6 Å². The molecule has 0 aromatic heterocycles. The van der Waals surface area contributed by atoms with E-state index in [0.29, 0.717) is 26.9 Å². The molecule has 8 heteroatoms. The van der Waals surface area contributed by atoms with Crippen molar-refractivity contribution in [2.24, 2.45) is 0 Å². The van der Waals surface area contributed by atoms with Gasteiger partial charge in [-0.3, -0.25) is 19.3 Å². The molecule has 0 atom stereocenters. The summed E-state index contributed by atoms with van der Waals surface area (Å²) < 4.78 is 5.13. The highest BCUT2D eigenvalue weighted by atomic mass is 35.5. The monoisotopic (exact) mass is 478 g/mol. The van der Waals surface area contributed by atoms with Crippen molar-refractivity contribution >= 4 is 52.2 Å². The number of amides is 3. The first-order valence-corrected chi connectivity index (χ1v) is 11.2. The van der Waals surface area contributed by atoms with Crippen molar-refractivity contribution in [2.45, 2.75) is 6.54 Å². The maximum Gasteiger partial charge on any atom is 0.293 e. The van der Waals surface area contributed by atoms with Crippen molar-refractivity contribution in [1.29, 1.82) is 0 Å². The maximum absolute atomic E-state index is 12.8. The van der Waals surface area contributed by atoms with Crippen LogP contribution in [0, 0.1) is 0 Å². The first-order valence-electron chi connectivity index (χ1n) is 9.98. The average Bonchev–Trinajstić information content (AvgIpc) is 3.08. The molecule has 33 heavy (non-hydrogen) atoms. The van der Waals surface area contributed by atoms with Crippen molar-refractivity contribution < 1.29 is 19.1 Å². The van der Waals surface area contributed by atoms with Gasteiger partial charge in [0.2, 0.25) is 0 Å². The number of hydrogen-bond donors (Lipinski definition) is 1. The number of thioether (sulfide) groups is 1. The van der Waals surface area contributed by atoms with Crippen LogP contribution in [0.1, 0.15) is 21.5 Å². The molecule has 3 aromatic rings. The second-order valence-electron chi connectivity index (χ2n) is 7.20. The van der Waals surface area contributed by atoms with Gasteiger partial charge in [0, 0.05) is 16.3 Å². The van der Waals surface area contributed by atoms with Gasteiger partial charge in [-0.25, -0.2) is 0 Å². The van der Waals surface area contributed by atoms with E-state index in [1.807, 2.05) is 12.1 Å². The Morgan fingerprint density at radius 1 is 1.00 bits per heavy atom. The third kappa shape index (κ3) is 5.45. The van der Waals surface area contributed by atoms with Crippen molar-refractivity contribution in [1.82, 2.24) is 4.90 Å². The molecule has 4 rings (SSSR count). The van der Waals surface area contributed by atoms with E-state index in [9.17, 15) is 14.4 Å². The summed E-state index contributed by atoms with van der Waals surface area (Å²) in [5, 5.41) is 3.05. The average molecular weight is 479 g/mol. The summed E-state index contributed by atoms with van der Waals surface area (Å²) in [6.45, 7) is 0.129. The summed E-state index contributed by atoms with van der Waals surface area (Å²) in [7, 11) is 1.58. The van der Waals surface area contributed by atoms with Crippen LogP contribution in [0.5, 0.6) is 5.75 Å². The van der Waals surface area contributed by atoms with Crippen molar-refractivity contribution in [2.75, 3.05) is 12.4 Å². The molecule has 1 aliphatic heterocycles. The van der Waals surface area contributed by atoms with Gasteiger partial charge < -0.3 is 10.1 Å². The van der Waals surface area contributed by atoms with Crippen LogP contribution in [0.25, 0.3) is 6.08 Å². The summed E-state index contributed by atoms with van der Waals surface area (Å²) >= 11 is 6.77. The van der Waals surface area contributed by atoms with E-state index in [1.165, 1.54) is 4.90 Å². The Bertz CT molecular complexity index is 1220. The Hall–Kier alpha value is -3.55. The zero-order valence-corrected chi connectivity index (χ0v) is 19.2. The molecule has 1 aliphatic rings. The Kier molecular flexibility index (Phi) is 6.82. The van der Waals surface area contributed by atoms with Gasteiger partial charge in [-0.15, -0.1) is 0 Å².